The lowest BCUT2D eigenvalue weighted by Crippen LogP contribution is -2.41. The Morgan fingerprint density at radius 3 is 2.70 bits per heavy atom. The highest BCUT2D eigenvalue weighted by Gasteiger charge is 2.18. The van der Waals surface area contributed by atoms with Crippen molar-refractivity contribution in [3.05, 3.63) is 36.0 Å². The molecule has 0 radical (unpaired) electrons. The largest absolute Gasteiger partial charge is 0.360 e. The number of fused-ring (bicyclic) bond motifs is 1. The van der Waals surface area contributed by atoms with E-state index in [0.29, 0.717) is 10.9 Å². The summed E-state index contributed by atoms with van der Waals surface area (Å²) >= 11 is 0. The third-order valence-corrected chi connectivity index (χ3v) is 3.74. The van der Waals surface area contributed by atoms with Crippen molar-refractivity contribution in [2.45, 2.75) is 13.8 Å². The minimum atomic E-state index is -3.83. The van der Waals surface area contributed by atoms with Gasteiger partial charge in [-0.1, -0.05) is 32.0 Å². The number of carbonyl (C=O) groups excluding carboxylic acids is 1. The van der Waals surface area contributed by atoms with E-state index in [1.165, 1.54) is 6.20 Å². The van der Waals surface area contributed by atoms with Crippen molar-refractivity contribution in [1.82, 2.24) is 14.4 Å². The van der Waals surface area contributed by atoms with Gasteiger partial charge in [0.1, 0.15) is 0 Å². The Morgan fingerprint density at radius 1 is 1.30 bits per heavy atom. The van der Waals surface area contributed by atoms with E-state index in [2.05, 4.69) is 9.71 Å². The Morgan fingerprint density at radius 2 is 2.00 bits per heavy atom. The molecule has 0 spiro atoms. The summed E-state index contributed by atoms with van der Waals surface area (Å²) in [4.78, 5) is 15.0. The van der Waals surface area contributed by atoms with Crippen LogP contribution in [-0.2, 0) is 10.2 Å². The topological polar surface area (TPSA) is 91.1 Å². The molecule has 0 unspecified atom stereocenters. The van der Waals surface area contributed by atoms with Gasteiger partial charge < -0.3 is 4.98 Å². The van der Waals surface area contributed by atoms with Crippen LogP contribution in [0, 0.1) is 5.92 Å². The molecule has 0 aliphatic carbocycles. The SMILES string of the molecule is CC(C)CNS(=O)(=O)NC(=O)c1c[nH]c2ccccc12. The van der Waals surface area contributed by atoms with E-state index in [-0.39, 0.29) is 12.5 Å². The number of carbonyl (C=O) groups is 1. The molecule has 3 N–H and O–H groups in total. The first-order valence-corrected chi connectivity index (χ1v) is 7.75. The lowest BCUT2D eigenvalue weighted by Gasteiger charge is -2.09. The second kappa shape index (κ2) is 5.64. The molecule has 0 saturated carbocycles. The third-order valence-electron chi connectivity index (χ3n) is 2.74. The molecule has 1 heterocycles. The number of aromatic amines is 1. The maximum atomic E-state index is 12.0. The van der Waals surface area contributed by atoms with Gasteiger partial charge in [-0.05, 0) is 12.0 Å². The molecule has 2 aromatic rings. The Hall–Kier alpha value is -1.86. The van der Waals surface area contributed by atoms with E-state index in [1.54, 1.807) is 12.1 Å². The van der Waals surface area contributed by atoms with Gasteiger partial charge in [0.15, 0.2) is 0 Å². The Kier molecular flexibility index (Phi) is 4.10. The standard InChI is InChI=1S/C13H17N3O3S/c1-9(2)7-15-20(18,19)16-13(17)11-8-14-12-6-4-3-5-10(11)12/h3-6,8-9,14-15H,7H2,1-2H3,(H,16,17). The first-order valence-electron chi connectivity index (χ1n) is 6.27. The number of benzene rings is 1. The lowest BCUT2D eigenvalue weighted by atomic mass is 10.2. The van der Waals surface area contributed by atoms with Crippen molar-refractivity contribution in [3.63, 3.8) is 0 Å². The first kappa shape index (κ1) is 14.5. The zero-order valence-electron chi connectivity index (χ0n) is 11.3. The van der Waals surface area contributed by atoms with Crippen LogP contribution in [0.15, 0.2) is 30.5 Å². The number of amides is 1. The van der Waals surface area contributed by atoms with Gasteiger partial charge in [0.05, 0.1) is 5.56 Å². The summed E-state index contributed by atoms with van der Waals surface area (Å²) in [6, 6.07) is 7.20. The summed E-state index contributed by atoms with van der Waals surface area (Å²) in [7, 11) is -3.83. The second-order valence-electron chi connectivity index (χ2n) is 4.92. The zero-order chi connectivity index (χ0) is 14.8. The third kappa shape index (κ3) is 3.37. The van der Waals surface area contributed by atoms with Crippen LogP contribution in [0.1, 0.15) is 24.2 Å². The van der Waals surface area contributed by atoms with Gasteiger partial charge in [-0.15, -0.1) is 0 Å². The predicted octanol–water partition coefficient (Wildman–Crippen LogP) is 1.39. The van der Waals surface area contributed by atoms with Gasteiger partial charge in [-0.25, -0.2) is 4.72 Å². The van der Waals surface area contributed by atoms with Gasteiger partial charge in [-0.2, -0.15) is 13.1 Å². The summed E-state index contributed by atoms with van der Waals surface area (Å²) in [5.74, 6) is -0.492. The average molecular weight is 295 g/mol. The number of hydrogen-bond donors (Lipinski definition) is 3. The average Bonchev–Trinajstić information content (AvgIpc) is 2.80. The maximum absolute atomic E-state index is 12.0. The fourth-order valence-corrected chi connectivity index (χ4v) is 2.73. The van der Waals surface area contributed by atoms with Crippen molar-refractivity contribution in [1.29, 1.82) is 0 Å². The van der Waals surface area contributed by atoms with Gasteiger partial charge in [0, 0.05) is 23.6 Å². The number of para-hydroxylation sites is 1. The number of nitrogens with one attached hydrogen (secondary N) is 3. The molecule has 108 valence electrons. The minimum absolute atomic E-state index is 0.162. The highest BCUT2D eigenvalue weighted by Crippen LogP contribution is 2.17. The van der Waals surface area contributed by atoms with Crippen LogP contribution in [0.3, 0.4) is 0 Å². The van der Waals surface area contributed by atoms with Crippen LogP contribution < -0.4 is 9.44 Å². The molecule has 6 nitrogen and oxygen atoms in total. The van der Waals surface area contributed by atoms with Crippen LogP contribution in [0.2, 0.25) is 0 Å². The molecule has 0 bridgehead atoms. The van der Waals surface area contributed by atoms with E-state index < -0.39 is 16.1 Å². The van der Waals surface area contributed by atoms with Gasteiger partial charge in [0.25, 0.3) is 5.91 Å². The fourth-order valence-electron chi connectivity index (χ4n) is 1.75. The summed E-state index contributed by atoms with van der Waals surface area (Å²) in [5, 5.41) is 0.684. The van der Waals surface area contributed by atoms with E-state index in [9.17, 15) is 13.2 Å². The predicted molar refractivity (Wildman–Crippen MR) is 77.5 cm³/mol. The summed E-state index contributed by atoms with van der Waals surface area (Å²) in [6.07, 6.45) is 1.50. The van der Waals surface area contributed by atoms with E-state index in [1.807, 2.05) is 30.7 Å². The highest BCUT2D eigenvalue weighted by molar-refractivity contribution is 7.88. The summed E-state index contributed by atoms with van der Waals surface area (Å²) in [6.45, 7) is 4.03. The highest BCUT2D eigenvalue weighted by atomic mass is 32.2. The molecule has 0 fully saturated rings. The molecule has 20 heavy (non-hydrogen) atoms. The number of H-pyrrole nitrogens is 1. The monoisotopic (exact) mass is 295 g/mol. The molecule has 0 saturated heterocycles. The molecule has 1 aromatic carbocycles. The van der Waals surface area contributed by atoms with E-state index >= 15 is 0 Å². The molecule has 1 amide bonds. The van der Waals surface area contributed by atoms with Crippen LogP contribution in [0.25, 0.3) is 10.9 Å². The van der Waals surface area contributed by atoms with Gasteiger partial charge in [0.2, 0.25) is 0 Å². The molecule has 2 rings (SSSR count). The summed E-state index contributed by atoms with van der Waals surface area (Å²) in [5.41, 5.74) is 1.08. The van der Waals surface area contributed by atoms with Gasteiger partial charge >= 0.3 is 10.2 Å². The molecule has 0 atom stereocenters. The second-order valence-corrected chi connectivity index (χ2v) is 6.42. The lowest BCUT2D eigenvalue weighted by molar-refractivity contribution is 0.0982. The van der Waals surface area contributed by atoms with Crippen LogP contribution in [-0.4, -0.2) is 25.9 Å². The normalized spacial score (nSPS) is 11.9. The zero-order valence-corrected chi connectivity index (χ0v) is 12.1. The smallest absolute Gasteiger partial charge is 0.301 e. The molecule has 1 aromatic heterocycles. The van der Waals surface area contributed by atoms with Crippen LogP contribution in [0.5, 0.6) is 0 Å². The number of rotatable bonds is 5. The molecular formula is C13H17N3O3S. The first-order chi connectivity index (χ1) is 9.39. The number of hydrogen-bond acceptors (Lipinski definition) is 3. The quantitative estimate of drug-likeness (QED) is 0.778. The van der Waals surface area contributed by atoms with Gasteiger partial charge in [-0.3, -0.25) is 4.79 Å². The molecule has 0 aliphatic heterocycles. The van der Waals surface area contributed by atoms with Crippen molar-refractivity contribution in [2.75, 3.05) is 6.54 Å². The Bertz CT molecular complexity index is 719. The fraction of sp³-hybridized carbons (Fsp3) is 0.308. The molecule has 7 heteroatoms. The maximum Gasteiger partial charge on any atom is 0.301 e. The minimum Gasteiger partial charge on any atom is -0.360 e. The Labute approximate surface area is 117 Å². The van der Waals surface area contributed by atoms with Crippen LogP contribution in [0.4, 0.5) is 0 Å². The molecular weight excluding hydrogens is 278 g/mol. The van der Waals surface area contributed by atoms with E-state index in [4.69, 9.17) is 0 Å². The van der Waals surface area contributed by atoms with Crippen molar-refractivity contribution in [2.24, 2.45) is 5.92 Å². The summed E-state index contributed by atoms with van der Waals surface area (Å²) < 4.78 is 27.8. The van der Waals surface area contributed by atoms with Crippen LogP contribution >= 0.6 is 0 Å². The van der Waals surface area contributed by atoms with Crippen molar-refractivity contribution < 1.29 is 13.2 Å². The Balaban J connectivity index is 2.16. The number of aromatic nitrogens is 1. The van der Waals surface area contributed by atoms with Crippen molar-refractivity contribution in [3.8, 4) is 0 Å². The molecule has 0 aliphatic rings. The van der Waals surface area contributed by atoms with Crippen molar-refractivity contribution >= 4 is 27.0 Å². The van der Waals surface area contributed by atoms with E-state index in [0.717, 1.165) is 5.52 Å².